The van der Waals surface area contributed by atoms with Gasteiger partial charge in [0.1, 0.15) is 0 Å². The number of amides is 1. The Hall–Kier alpha value is -1.85. The van der Waals surface area contributed by atoms with Crippen LogP contribution in [0.2, 0.25) is 5.02 Å². The number of aromatic nitrogens is 2. The van der Waals surface area contributed by atoms with Crippen LogP contribution >= 0.6 is 11.6 Å². The van der Waals surface area contributed by atoms with Gasteiger partial charge in [-0.1, -0.05) is 23.7 Å². The summed E-state index contributed by atoms with van der Waals surface area (Å²) in [4.78, 5) is 23.5. The lowest BCUT2D eigenvalue weighted by Crippen LogP contribution is -2.39. The van der Waals surface area contributed by atoms with Gasteiger partial charge in [0, 0.05) is 25.0 Å². The Balaban J connectivity index is 1.73. The highest BCUT2D eigenvalue weighted by Crippen LogP contribution is 2.30. The highest BCUT2D eigenvalue weighted by molar-refractivity contribution is 6.33. The van der Waals surface area contributed by atoms with E-state index in [1.165, 1.54) is 0 Å². The van der Waals surface area contributed by atoms with Crippen LogP contribution in [0.25, 0.3) is 0 Å². The van der Waals surface area contributed by atoms with E-state index in [1.807, 2.05) is 36.2 Å². The number of para-hydroxylation sites is 1. The number of hydrogen-bond acceptors (Lipinski definition) is 3. The van der Waals surface area contributed by atoms with Crippen molar-refractivity contribution in [1.82, 2.24) is 14.9 Å². The number of nitrogens with zero attached hydrogens (tertiary/aromatic N) is 3. The average molecular weight is 305 g/mol. The van der Waals surface area contributed by atoms with Crippen molar-refractivity contribution in [2.24, 2.45) is 0 Å². The van der Waals surface area contributed by atoms with E-state index in [0.717, 1.165) is 17.8 Å². The molecule has 1 fully saturated rings. The molecule has 1 atom stereocenters. The van der Waals surface area contributed by atoms with E-state index in [0.29, 0.717) is 18.1 Å². The molecule has 1 unspecified atom stereocenters. The smallest absolute Gasteiger partial charge is 0.244 e. The number of carbonyl (C=O) groups excluding carboxylic acids is 1. The van der Waals surface area contributed by atoms with E-state index in [2.05, 4.69) is 9.97 Å². The molecule has 1 aromatic carbocycles. The van der Waals surface area contributed by atoms with Crippen LogP contribution in [0.1, 0.15) is 12.1 Å². The molecular formula is C15H17ClN4O. The molecule has 3 rings (SSSR count). The Labute approximate surface area is 128 Å². The van der Waals surface area contributed by atoms with Crippen LogP contribution in [-0.2, 0) is 11.3 Å². The van der Waals surface area contributed by atoms with Crippen LogP contribution in [-0.4, -0.2) is 40.4 Å². The SMILES string of the molecule is CN(Cc1cnc[nH]1)C1CCN(c2ccccc2Cl)C1=O. The monoisotopic (exact) mass is 304 g/mol. The maximum atomic E-state index is 12.6. The Bertz CT molecular complexity index is 628. The molecule has 5 nitrogen and oxygen atoms in total. The largest absolute Gasteiger partial charge is 0.347 e. The number of nitrogens with one attached hydrogen (secondary N) is 1. The van der Waals surface area contributed by atoms with E-state index in [-0.39, 0.29) is 11.9 Å². The van der Waals surface area contributed by atoms with Crippen molar-refractivity contribution in [1.29, 1.82) is 0 Å². The number of aromatic amines is 1. The fraction of sp³-hybridized carbons (Fsp3) is 0.333. The minimum absolute atomic E-state index is 0.102. The van der Waals surface area contributed by atoms with Crippen LogP contribution in [0, 0.1) is 0 Å². The summed E-state index contributed by atoms with van der Waals surface area (Å²) in [6, 6.07) is 7.35. The average Bonchev–Trinajstić information content (AvgIpc) is 3.09. The molecule has 1 aliphatic rings. The number of halogens is 1. The van der Waals surface area contributed by atoms with Gasteiger partial charge in [-0.15, -0.1) is 0 Å². The molecule has 1 aliphatic heterocycles. The summed E-state index contributed by atoms with van der Waals surface area (Å²) in [6.07, 6.45) is 4.23. The molecule has 110 valence electrons. The second kappa shape index (κ2) is 5.87. The van der Waals surface area contributed by atoms with Gasteiger partial charge in [0.25, 0.3) is 0 Å². The first-order valence-electron chi connectivity index (χ1n) is 6.90. The highest BCUT2D eigenvalue weighted by Gasteiger charge is 2.35. The zero-order chi connectivity index (χ0) is 14.8. The number of imidazole rings is 1. The van der Waals surface area contributed by atoms with Crippen LogP contribution < -0.4 is 4.90 Å². The molecule has 21 heavy (non-hydrogen) atoms. The first-order valence-corrected chi connectivity index (χ1v) is 7.28. The Kier molecular flexibility index (Phi) is 3.94. The lowest BCUT2D eigenvalue weighted by molar-refractivity contribution is -0.121. The van der Waals surface area contributed by atoms with Gasteiger partial charge in [0.05, 0.1) is 23.1 Å². The standard InChI is InChI=1S/C15H17ClN4O/c1-19(9-11-8-17-10-18-11)14-6-7-20(15(14)21)13-5-3-2-4-12(13)16/h2-5,8,10,14H,6-7,9H2,1H3,(H,17,18). The molecule has 1 amide bonds. The fourth-order valence-corrected chi connectivity index (χ4v) is 2.97. The maximum absolute atomic E-state index is 12.6. The topological polar surface area (TPSA) is 52.2 Å². The molecule has 0 bridgehead atoms. The summed E-state index contributed by atoms with van der Waals surface area (Å²) < 4.78 is 0. The van der Waals surface area contributed by atoms with Gasteiger partial charge in [-0.25, -0.2) is 4.98 Å². The minimum atomic E-state index is -0.121. The summed E-state index contributed by atoms with van der Waals surface area (Å²) in [7, 11) is 1.96. The number of benzene rings is 1. The van der Waals surface area contributed by atoms with Crippen LogP contribution in [0.5, 0.6) is 0 Å². The van der Waals surface area contributed by atoms with Crippen molar-refractivity contribution in [3.63, 3.8) is 0 Å². The molecule has 1 N–H and O–H groups in total. The normalized spacial score (nSPS) is 18.7. The number of H-pyrrole nitrogens is 1. The van der Waals surface area contributed by atoms with E-state index in [4.69, 9.17) is 11.6 Å². The van der Waals surface area contributed by atoms with Gasteiger partial charge in [-0.3, -0.25) is 9.69 Å². The summed E-state index contributed by atoms with van der Waals surface area (Å²) >= 11 is 6.19. The lowest BCUT2D eigenvalue weighted by atomic mass is 10.2. The summed E-state index contributed by atoms with van der Waals surface area (Å²) in [5, 5.41) is 0.614. The molecule has 2 heterocycles. The van der Waals surface area contributed by atoms with Crippen molar-refractivity contribution in [3.05, 3.63) is 47.5 Å². The third-order valence-corrected chi connectivity index (χ3v) is 4.15. The Morgan fingerprint density at radius 2 is 2.29 bits per heavy atom. The van der Waals surface area contributed by atoms with Crippen LogP contribution in [0.15, 0.2) is 36.8 Å². The van der Waals surface area contributed by atoms with Gasteiger partial charge >= 0.3 is 0 Å². The van der Waals surface area contributed by atoms with Crippen molar-refractivity contribution in [3.8, 4) is 0 Å². The minimum Gasteiger partial charge on any atom is -0.347 e. The zero-order valence-corrected chi connectivity index (χ0v) is 12.5. The summed E-state index contributed by atoms with van der Waals surface area (Å²) in [5.74, 6) is 0.102. The van der Waals surface area contributed by atoms with Crippen molar-refractivity contribution >= 4 is 23.2 Å². The number of likely N-dealkylation sites (N-methyl/N-ethyl adjacent to an activating group) is 1. The lowest BCUT2D eigenvalue weighted by Gasteiger charge is -2.23. The highest BCUT2D eigenvalue weighted by atomic mass is 35.5. The fourth-order valence-electron chi connectivity index (χ4n) is 2.73. The van der Waals surface area contributed by atoms with Gasteiger partial charge in [-0.2, -0.15) is 0 Å². The third-order valence-electron chi connectivity index (χ3n) is 3.83. The predicted molar refractivity (Wildman–Crippen MR) is 82.3 cm³/mol. The molecule has 0 radical (unpaired) electrons. The number of hydrogen-bond donors (Lipinski definition) is 1. The molecule has 1 aromatic heterocycles. The number of rotatable bonds is 4. The molecule has 0 saturated carbocycles. The summed E-state index contributed by atoms with van der Waals surface area (Å²) in [5.41, 5.74) is 1.79. The second-order valence-electron chi connectivity index (χ2n) is 5.24. The van der Waals surface area contributed by atoms with Crippen molar-refractivity contribution in [2.45, 2.75) is 19.0 Å². The quantitative estimate of drug-likeness (QED) is 0.943. The number of anilines is 1. The predicted octanol–water partition coefficient (Wildman–Crippen LogP) is 2.30. The first-order chi connectivity index (χ1) is 10.2. The Morgan fingerprint density at radius 3 is 3.00 bits per heavy atom. The number of carbonyl (C=O) groups is 1. The first kappa shape index (κ1) is 14.1. The third kappa shape index (κ3) is 2.80. The summed E-state index contributed by atoms with van der Waals surface area (Å²) in [6.45, 7) is 1.37. The van der Waals surface area contributed by atoms with Crippen LogP contribution in [0.4, 0.5) is 5.69 Å². The van der Waals surface area contributed by atoms with Gasteiger partial charge in [0.15, 0.2) is 0 Å². The molecule has 6 heteroatoms. The van der Waals surface area contributed by atoms with Crippen molar-refractivity contribution in [2.75, 3.05) is 18.5 Å². The second-order valence-corrected chi connectivity index (χ2v) is 5.64. The molecule has 2 aromatic rings. The van der Waals surface area contributed by atoms with Crippen molar-refractivity contribution < 1.29 is 4.79 Å². The maximum Gasteiger partial charge on any atom is 0.244 e. The van der Waals surface area contributed by atoms with E-state index in [9.17, 15) is 4.79 Å². The molecule has 0 spiro atoms. The molecule has 1 saturated heterocycles. The Morgan fingerprint density at radius 1 is 1.48 bits per heavy atom. The zero-order valence-electron chi connectivity index (χ0n) is 11.8. The van der Waals surface area contributed by atoms with Gasteiger partial charge in [-0.05, 0) is 25.6 Å². The van der Waals surface area contributed by atoms with E-state index in [1.54, 1.807) is 17.4 Å². The van der Waals surface area contributed by atoms with E-state index >= 15 is 0 Å². The van der Waals surface area contributed by atoms with Gasteiger partial charge in [0.2, 0.25) is 5.91 Å². The molecule has 0 aliphatic carbocycles. The van der Waals surface area contributed by atoms with Crippen LogP contribution in [0.3, 0.4) is 0 Å². The van der Waals surface area contributed by atoms with E-state index < -0.39 is 0 Å². The van der Waals surface area contributed by atoms with Gasteiger partial charge < -0.3 is 9.88 Å². The molecular weight excluding hydrogens is 288 g/mol.